The number of hydrogen-bond donors (Lipinski definition) is 6. The molecule has 0 saturated carbocycles. The molecule has 1 saturated heterocycles. The van der Waals surface area contributed by atoms with Crippen LogP contribution in [0.2, 0.25) is 0 Å². The molecule has 0 aliphatic carbocycles. The molecule has 1 aliphatic rings. The second-order valence-electron chi connectivity index (χ2n) is 29.2. The van der Waals surface area contributed by atoms with Crippen molar-refractivity contribution in [2.75, 3.05) is 19.8 Å². The number of hydrogen-bond acceptors (Lipinski definition) is 10. The van der Waals surface area contributed by atoms with Gasteiger partial charge in [0.25, 0.3) is 0 Å². The van der Waals surface area contributed by atoms with Gasteiger partial charge >= 0.3 is 5.97 Å². The van der Waals surface area contributed by atoms with E-state index in [-0.39, 0.29) is 18.5 Å². The Morgan fingerprint density at radius 3 is 1.04 bits per heavy atom. The Morgan fingerprint density at radius 1 is 0.379 bits per heavy atom. The zero-order valence-corrected chi connectivity index (χ0v) is 62.7. The van der Waals surface area contributed by atoms with E-state index in [1.54, 1.807) is 6.08 Å². The van der Waals surface area contributed by atoms with Gasteiger partial charge in [-0.15, -0.1) is 0 Å². The smallest absolute Gasteiger partial charge is 0.305 e. The Hall–Kier alpha value is -2.12. The molecule has 0 radical (unpaired) electrons. The standard InChI is InChI=1S/C84H159NO10/c1-3-5-7-9-11-13-15-17-43-47-50-54-58-62-66-70-77(87)76(75-94-84-83(92)82(91)81(90)78(74-86)95-84)85-79(88)71-67-63-59-55-51-48-44-41-39-37-35-33-31-29-27-25-23-21-19-18-20-22-24-26-28-30-32-34-36-38-40-42-45-49-53-57-61-65-69-73-93-80(89)72-68-64-60-56-52-46-16-14-12-10-8-6-4-2/h18-19,50,54,66,70,76-78,81-84,86-87,90-92H,3-17,20-49,51-53,55-65,67-69,71-75H2,1-2H3,(H,85,88)/b19-18-,54-50+,70-66+. The number of amides is 1. The number of unbranched alkanes of at least 4 members (excludes halogenated alkanes) is 57. The molecule has 11 heteroatoms. The number of rotatable bonds is 75. The fourth-order valence-electron chi connectivity index (χ4n) is 13.5. The van der Waals surface area contributed by atoms with E-state index in [0.29, 0.717) is 19.4 Å². The van der Waals surface area contributed by atoms with E-state index in [1.165, 1.54) is 347 Å². The first kappa shape index (κ1) is 90.9. The second-order valence-corrected chi connectivity index (χ2v) is 29.2. The summed E-state index contributed by atoms with van der Waals surface area (Å²) in [6, 6.07) is -0.825. The zero-order valence-electron chi connectivity index (χ0n) is 62.7. The molecule has 1 fully saturated rings. The first-order valence-electron chi connectivity index (χ1n) is 41.8. The average Bonchev–Trinajstić information content (AvgIpc) is 0.850. The highest BCUT2D eigenvalue weighted by atomic mass is 16.7. The highest BCUT2D eigenvalue weighted by molar-refractivity contribution is 5.76. The van der Waals surface area contributed by atoms with Crippen molar-refractivity contribution in [3.8, 4) is 0 Å². The topological polar surface area (TPSA) is 175 Å². The SMILES string of the molecule is CCCCCCCCCCC/C=C/CC/C=C/C(O)C(COC1OC(CO)C(O)C(O)C1O)NC(=O)CCCCCCCCCCCCCCCCCCC/C=C\CCCCCCCCCCCCCCCCCCCCOC(=O)CCCCCCCCCCCCCCC. The lowest BCUT2D eigenvalue weighted by Crippen LogP contribution is -2.60. The van der Waals surface area contributed by atoms with Gasteiger partial charge in [-0.1, -0.05) is 378 Å². The van der Waals surface area contributed by atoms with Gasteiger partial charge in [0, 0.05) is 12.8 Å². The highest BCUT2D eigenvalue weighted by Crippen LogP contribution is 2.24. The predicted octanol–water partition coefficient (Wildman–Crippen LogP) is 22.9. The molecule has 0 bridgehead atoms. The summed E-state index contributed by atoms with van der Waals surface area (Å²) in [7, 11) is 0. The molecule has 1 rings (SSSR count). The largest absolute Gasteiger partial charge is 0.466 e. The summed E-state index contributed by atoms with van der Waals surface area (Å²) in [6.45, 7) is 4.39. The number of nitrogens with one attached hydrogen (secondary N) is 1. The first-order chi connectivity index (χ1) is 46.7. The molecule has 1 aliphatic heterocycles. The number of carbonyl (C=O) groups is 2. The second kappa shape index (κ2) is 73.1. The van der Waals surface area contributed by atoms with Crippen molar-refractivity contribution in [1.82, 2.24) is 5.32 Å². The third-order valence-electron chi connectivity index (χ3n) is 20.0. The lowest BCUT2D eigenvalue weighted by Gasteiger charge is -2.40. The van der Waals surface area contributed by atoms with Gasteiger partial charge in [-0.25, -0.2) is 0 Å². The molecule has 7 unspecified atom stereocenters. The van der Waals surface area contributed by atoms with E-state index >= 15 is 0 Å². The molecule has 6 N–H and O–H groups in total. The molecule has 1 heterocycles. The molecule has 560 valence electrons. The maximum absolute atomic E-state index is 13.1. The van der Waals surface area contributed by atoms with Gasteiger partial charge in [0.2, 0.25) is 5.91 Å². The van der Waals surface area contributed by atoms with Crippen molar-refractivity contribution in [2.24, 2.45) is 0 Å². The van der Waals surface area contributed by atoms with Crippen molar-refractivity contribution >= 4 is 11.9 Å². The van der Waals surface area contributed by atoms with Crippen LogP contribution in [0.5, 0.6) is 0 Å². The van der Waals surface area contributed by atoms with Gasteiger partial charge in [-0.2, -0.15) is 0 Å². The number of aliphatic hydroxyl groups is 5. The molecule has 0 aromatic carbocycles. The van der Waals surface area contributed by atoms with E-state index in [2.05, 4.69) is 43.5 Å². The molecule has 95 heavy (non-hydrogen) atoms. The number of ether oxygens (including phenoxy) is 3. The number of esters is 1. The lowest BCUT2D eigenvalue weighted by molar-refractivity contribution is -0.302. The number of carbonyl (C=O) groups excluding carboxylic acids is 2. The van der Waals surface area contributed by atoms with Crippen LogP contribution < -0.4 is 5.32 Å². The van der Waals surface area contributed by atoms with Crippen molar-refractivity contribution in [3.63, 3.8) is 0 Å². The van der Waals surface area contributed by atoms with Gasteiger partial charge in [0.05, 0.1) is 32.0 Å². The summed E-state index contributed by atoms with van der Waals surface area (Å²) in [5.74, 6) is -0.166. The molecule has 11 nitrogen and oxygen atoms in total. The number of aliphatic hydroxyl groups excluding tert-OH is 5. The van der Waals surface area contributed by atoms with Crippen LogP contribution in [0.15, 0.2) is 36.5 Å². The van der Waals surface area contributed by atoms with E-state index < -0.39 is 49.5 Å². The number of allylic oxidation sites excluding steroid dienone is 5. The van der Waals surface area contributed by atoms with Crippen LogP contribution >= 0.6 is 0 Å². The normalized spacial score (nSPS) is 17.5. The van der Waals surface area contributed by atoms with Crippen LogP contribution in [0.3, 0.4) is 0 Å². The average molecular weight is 1340 g/mol. The maximum atomic E-state index is 13.1. The summed E-state index contributed by atoms with van der Waals surface area (Å²) in [5, 5.41) is 54.6. The van der Waals surface area contributed by atoms with Crippen LogP contribution in [-0.2, 0) is 23.8 Å². The van der Waals surface area contributed by atoms with Crippen LogP contribution in [0.25, 0.3) is 0 Å². The summed E-state index contributed by atoms with van der Waals surface area (Å²) >= 11 is 0. The Labute approximate surface area is 587 Å². The van der Waals surface area contributed by atoms with Crippen LogP contribution in [0, 0.1) is 0 Å². The maximum Gasteiger partial charge on any atom is 0.305 e. The van der Waals surface area contributed by atoms with E-state index in [0.717, 1.165) is 51.4 Å². The van der Waals surface area contributed by atoms with Crippen molar-refractivity contribution in [1.29, 1.82) is 0 Å². The zero-order chi connectivity index (χ0) is 68.6. The molecular formula is C84H159NO10. The Kier molecular flexibility index (Phi) is 69.9. The van der Waals surface area contributed by atoms with E-state index in [1.807, 2.05) is 6.08 Å². The first-order valence-corrected chi connectivity index (χ1v) is 41.8. The fourth-order valence-corrected chi connectivity index (χ4v) is 13.5. The molecule has 0 aromatic rings. The van der Waals surface area contributed by atoms with Gasteiger partial charge < -0.3 is 45.1 Å². The van der Waals surface area contributed by atoms with Crippen molar-refractivity contribution in [2.45, 2.75) is 468 Å². The van der Waals surface area contributed by atoms with Crippen LogP contribution in [-0.4, -0.2) is 100 Å². The Bertz CT molecular complexity index is 1670. The van der Waals surface area contributed by atoms with Crippen LogP contribution in [0.4, 0.5) is 0 Å². The molecular weight excluding hydrogens is 1180 g/mol. The quantitative estimate of drug-likeness (QED) is 0.0195. The monoisotopic (exact) mass is 1340 g/mol. The summed E-state index contributed by atoms with van der Waals surface area (Å²) in [6.07, 6.45) is 86.2. The molecule has 0 spiro atoms. The minimum absolute atomic E-state index is 0.0189. The third-order valence-corrected chi connectivity index (χ3v) is 20.0. The Balaban J connectivity index is 1.90. The van der Waals surface area contributed by atoms with Gasteiger partial charge in [-0.05, 0) is 70.6 Å². The van der Waals surface area contributed by atoms with Gasteiger partial charge in [0.15, 0.2) is 6.29 Å². The van der Waals surface area contributed by atoms with E-state index in [4.69, 9.17) is 14.2 Å². The summed E-state index contributed by atoms with van der Waals surface area (Å²) in [5.41, 5.74) is 0. The lowest BCUT2D eigenvalue weighted by atomic mass is 9.99. The van der Waals surface area contributed by atoms with Crippen molar-refractivity contribution in [3.05, 3.63) is 36.5 Å². The minimum Gasteiger partial charge on any atom is -0.466 e. The van der Waals surface area contributed by atoms with Crippen LogP contribution in [0.1, 0.15) is 425 Å². The summed E-state index contributed by atoms with van der Waals surface area (Å²) in [4.78, 5) is 25.2. The molecule has 1 amide bonds. The van der Waals surface area contributed by atoms with E-state index in [9.17, 15) is 35.1 Å². The Morgan fingerprint density at radius 2 is 0.684 bits per heavy atom. The molecule has 0 aromatic heterocycles. The third kappa shape index (κ3) is 61.5. The highest BCUT2D eigenvalue weighted by Gasteiger charge is 2.44. The van der Waals surface area contributed by atoms with Gasteiger partial charge in [0.1, 0.15) is 24.4 Å². The summed E-state index contributed by atoms with van der Waals surface area (Å²) < 4.78 is 16.8. The molecule has 7 atom stereocenters. The predicted molar refractivity (Wildman–Crippen MR) is 403 cm³/mol. The van der Waals surface area contributed by atoms with Gasteiger partial charge in [-0.3, -0.25) is 9.59 Å². The fraction of sp³-hybridized carbons (Fsp3) is 0.905. The minimum atomic E-state index is -1.57. The van der Waals surface area contributed by atoms with Crippen molar-refractivity contribution < 1.29 is 49.3 Å².